The maximum absolute atomic E-state index is 5.94. The molecular weight excluding hydrogens is 214 g/mol. The molecule has 3 nitrogen and oxygen atoms in total. The van der Waals surface area contributed by atoms with E-state index in [0.717, 1.165) is 30.8 Å². The maximum Gasteiger partial charge on any atom is 0.124 e. The van der Waals surface area contributed by atoms with Crippen LogP contribution in [0.5, 0.6) is 5.75 Å². The molecule has 3 heteroatoms. The van der Waals surface area contributed by atoms with Crippen LogP contribution in [0.15, 0.2) is 18.2 Å². The lowest BCUT2D eigenvalue weighted by molar-refractivity contribution is 0.184. The third-order valence-corrected chi connectivity index (χ3v) is 2.66. The van der Waals surface area contributed by atoms with Crippen molar-refractivity contribution < 1.29 is 9.47 Å². The number of hydrogen-bond acceptors (Lipinski definition) is 3. The molecule has 0 heterocycles. The van der Waals surface area contributed by atoms with Crippen molar-refractivity contribution in [2.45, 2.75) is 32.7 Å². The molecule has 0 amide bonds. The smallest absolute Gasteiger partial charge is 0.124 e. The number of rotatable bonds is 7. The molecule has 0 spiro atoms. The molecule has 0 aliphatic rings. The van der Waals surface area contributed by atoms with Gasteiger partial charge in [-0.05, 0) is 32.8 Å². The summed E-state index contributed by atoms with van der Waals surface area (Å²) in [7, 11) is 1.72. The molecule has 2 N–H and O–H groups in total. The van der Waals surface area contributed by atoms with Crippen molar-refractivity contribution in [1.82, 2.24) is 0 Å². The van der Waals surface area contributed by atoms with E-state index in [4.69, 9.17) is 15.2 Å². The quantitative estimate of drug-likeness (QED) is 0.742. The Hall–Kier alpha value is -1.06. The number of methoxy groups -OCH3 is 1. The van der Waals surface area contributed by atoms with Gasteiger partial charge < -0.3 is 15.2 Å². The summed E-state index contributed by atoms with van der Waals surface area (Å²) < 4.78 is 10.8. The summed E-state index contributed by atoms with van der Waals surface area (Å²) in [5.74, 6) is 0.906. The topological polar surface area (TPSA) is 44.5 Å². The Morgan fingerprint density at radius 1 is 1.24 bits per heavy atom. The second kappa shape index (κ2) is 7.30. The minimum Gasteiger partial charge on any atom is -0.493 e. The SMILES string of the molecule is COCCCCOc1ccc(C)cc1C(C)N. The second-order valence-electron chi connectivity index (χ2n) is 4.38. The van der Waals surface area contributed by atoms with E-state index in [1.165, 1.54) is 5.56 Å². The minimum absolute atomic E-state index is 0.00359. The largest absolute Gasteiger partial charge is 0.493 e. The molecule has 1 rings (SSSR count). The van der Waals surface area contributed by atoms with Crippen molar-refractivity contribution in [2.75, 3.05) is 20.3 Å². The summed E-state index contributed by atoms with van der Waals surface area (Å²) in [5.41, 5.74) is 8.23. The number of ether oxygens (including phenoxy) is 2. The van der Waals surface area contributed by atoms with E-state index in [2.05, 4.69) is 19.1 Å². The first-order valence-corrected chi connectivity index (χ1v) is 6.13. The molecule has 0 saturated heterocycles. The predicted octanol–water partition coefficient (Wildman–Crippen LogP) is 2.82. The Bertz CT molecular complexity index is 337. The van der Waals surface area contributed by atoms with E-state index in [9.17, 15) is 0 Å². The Balaban J connectivity index is 2.52. The first-order valence-electron chi connectivity index (χ1n) is 6.13. The average Bonchev–Trinajstić information content (AvgIpc) is 2.30. The minimum atomic E-state index is 0.00359. The van der Waals surface area contributed by atoms with Crippen LogP contribution in [0.1, 0.15) is 36.9 Å². The van der Waals surface area contributed by atoms with Gasteiger partial charge in [-0.2, -0.15) is 0 Å². The lowest BCUT2D eigenvalue weighted by atomic mass is 10.1. The van der Waals surface area contributed by atoms with Gasteiger partial charge in [0.1, 0.15) is 5.75 Å². The van der Waals surface area contributed by atoms with Crippen molar-refractivity contribution in [3.8, 4) is 5.75 Å². The van der Waals surface area contributed by atoms with Gasteiger partial charge in [0, 0.05) is 25.3 Å². The van der Waals surface area contributed by atoms with Gasteiger partial charge in [0.2, 0.25) is 0 Å². The van der Waals surface area contributed by atoms with Gasteiger partial charge in [-0.1, -0.05) is 17.7 Å². The van der Waals surface area contributed by atoms with E-state index < -0.39 is 0 Å². The highest BCUT2D eigenvalue weighted by Gasteiger charge is 2.08. The molecule has 1 aromatic carbocycles. The Labute approximate surface area is 104 Å². The van der Waals surface area contributed by atoms with E-state index in [1.54, 1.807) is 7.11 Å². The number of aryl methyl sites for hydroxylation is 1. The summed E-state index contributed by atoms with van der Waals surface area (Å²) in [6, 6.07) is 6.15. The van der Waals surface area contributed by atoms with Gasteiger partial charge in [-0.3, -0.25) is 0 Å². The fraction of sp³-hybridized carbons (Fsp3) is 0.571. The zero-order valence-electron chi connectivity index (χ0n) is 11.0. The summed E-state index contributed by atoms with van der Waals surface area (Å²) in [6.07, 6.45) is 2.02. The van der Waals surface area contributed by atoms with Crippen molar-refractivity contribution >= 4 is 0 Å². The Morgan fingerprint density at radius 3 is 2.59 bits per heavy atom. The highest BCUT2D eigenvalue weighted by molar-refractivity contribution is 5.38. The molecule has 96 valence electrons. The van der Waals surface area contributed by atoms with Crippen LogP contribution in [-0.4, -0.2) is 20.3 Å². The van der Waals surface area contributed by atoms with E-state index in [-0.39, 0.29) is 6.04 Å². The molecule has 0 bridgehead atoms. The average molecular weight is 237 g/mol. The molecule has 0 aliphatic heterocycles. The number of unbranched alkanes of at least 4 members (excludes halogenated alkanes) is 1. The number of hydrogen-bond donors (Lipinski definition) is 1. The van der Waals surface area contributed by atoms with Gasteiger partial charge in [-0.25, -0.2) is 0 Å². The molecule has 0 radical (unpaired) electrons. The molecule has 0 saturated carbocycles. The van der Waals surface area contributed by atoms with Gasteiger partial charge in [0.05, 0.1) is 6.61 Å². The molecule has 1 unspecified atom stereocenters. The highest BCUT2D eigenvalue weighted by atomic mass is 16.5. The van der Waals surface area contributed by atoms with Crippen molar-refractivity contribution in [3.05, 3.63) is 29.3 Å². The summed E-state index contributed by atoms with van der Waals surface area (Å²) in [4.78, 5) is 0. The van der Waals surface area contributed by atoms with Crippen LogP contribution in [-0.2, 0) is 4.74 Å². The lowest BCUT2D eigenvalue weighted by Gasteiger charge is -2.14. The third kappa shape index (κ3) is 4.75. The second-order valence-corrected chi connectivity index (χ2v) is 4.38. The van der Waals surface area contributed by atoms with E-state index in [0.29, 0.717) is 6.61 Å². The lowest BCUT2D eigenvalue weighted by Crippen LogP contribution is -2.09. The molecule has 0 fully saturated rings. The van der Waals surface area contributed by atoms with Crippen molar-refractivity contribution in [2.24, 2.45) is 5.73 Å². The fourth-order valence-corrected chi connectivity index (χ4v) is 1.69. The van der Waals surface area contributed by atoms with E-state index >= 15 is 0 Å². The van der Waals surface area contributed by atoms with Gasteiger partial charge >= 0.3 is 0 Å². The first kappa shape index (κ1) is 14.0. The summed E-state index contributed by atoms with van der Waals surface area (Å²) in [6.45, 7) is 5.55. The van der Waals surface area contributed by atoms with Crippen LogP contribution in [0.2, 0.25) is 0 Å². The molecule has 1 aromatic rings. The zero-order chi connectivity index (χ0) is 12.7. The van der Waals surface area contributed by atoms with Crippen LogP contribution >= 0.6 is 0 Å². The van der Waals surface area contributed by atoms with Crippen molar-refractivity contribution in [3.63, 3.8) is 0 Å². The first-order chi connectivity index (χ1) is 8.15. The zero-order valence-corrected chi connectivity index (χ0v) is 11.0. The van der Waals surface area contributed by atoms with Crippen LogP contribution in [0.4, 0.5) is 0 Å². The highest BCUT2D eigenvalue weighted by Crippen LogP contribution is 2.25. The predicted molar refractivity (Wildman–Crippen MR) is 70.4 cm³/mol. The van der Waals surface area contributed by atoms with Crippen molar-refractivity contribution in [1.29, 1.82) is 0 Å². The number of benzene rings is 1. The van der Waals surface area contributed by atoms with E-state index in [1.807, 2.05) is 13.0 Å². The van der Waals surface area contributed by atoms with Crippen LogP contribution in [0.25, 0.3) is 0 Å². The summed E-state index contributed by atoms with van der Waals surface area (Å²) >= 11 is 0. The Kier molecular flexibility index (Phi) is 6.01. The third-order valence-electron chi connectivity index (χ3n) is 2.66. The van der Waals surface area contributed by atoms with Gasteiger partial charge in [0.25, 0.3) is 0 Å². The maximum atomic E-state index is 5.94. The molecule has 0 aromatic heterocycles. The van der Waals surface area contributed by atoms with Crippen LogP contribution < -0.4 is 10.5 Å². The summed E-state index contributed by atoms with van der Waals surface area (Å²) in [5, 5.41) is 0. The molecular formula is C14H23NO2. The molecule has 0 aliphatic carbocycles. The normalized spacial score (nSPS) is 12.5. The van der Waals surface area contributed by atoms with Gasteiger partial charge in [0.15, 0.2) is 0 Å². The van der Waals surface area contributed by atoms with Crippen LogP contribution in [0.3, 0.4) is 0 Å². The monoisotopic (exact) mass is 237 g/mol. The van der Waals surface area contributed by atoms with Crippen LogP contribution in [0, 0.1) is 6.92 Å². The fourth-order valence-electron chi connectivity index (χ4n) is 1.69. The van der Waals surface area contributed by atoms with Gasteiger partial charge in [-0.15, -0.1) is 0 Å². The standard InChI is InChI=1S/C14H23NO2/c1-11-6-7-14(13(10-11)12(2)15)17-9-5-4-8-16-3/h6-7,10,12H,4-5,8-9,15H2,1-3H3. The molecule has 17 heavy (non-hydrogen) atoms. The molecule has 1 atom stereocenters. The number of nitrogens with two attached hydrogens (primary N) is 1. The Morgan fingerprint density at radius 2 is 1.94 bits per heavy atom.